The number of aromatic nitrogens is 1. The average molecular weight is 602 g/mol. The molecule has 1 aliphatic heterocycles. The van der Waals surface area contributed by atoms with E-state index in [9.17, 15) is 19.7 Å². The Hall–Kier alpha value is -3.96. The zero-order valence-electron chi connectivity index (χ0n) is 20.3. The molecule has 0 radical (unpaired) electrons. The molecule has 196 valence electrons. The number of fused-ring (bicyclic) bond motifs is 2. The largest absolute Gasteiger partial charge is 0.322 e. The topological polar surface area (TPSA) is 102 Å². The van der Waals surface area contributed by atoms with Crippen molar-refractivity contribution in [2.45, 2.75) is 14.1 Å². The van der Waals surface area contributed by atoms with Gasteiger partial charge in [0.05, 0.1) is 24.9 Å². The first-order chi connectivity index (χ1) is 19.3. The summed E-state index contributed by atoms with van der Waals surface area (Å²) in [6, 6.07) is 24.3. The molecule has 40 heavy (non-hydrogen) atoms. The highest BCUT2D eigenvalue weighted by Gasteiger charge is 2.26. The van der Waals surface area contributed by atoms with E-state index in [1.54, 1.807) is 60.7 Å². The zero-order valence-corrected chi connectivity index (χ0v) is 23.5. The van der Waals surface area contributed by atoms with E-state index in [-0.39, 0.29) is 17.4 Å². The number of nitrogens with zero attached hydrogens (tertiary/aromatic N) is 2. The number of nitrogens with one attached hydrogen (secondary N) is 1. The Balaban J connectivity index is 1.22. The zero-order chi connectivity index (χ0) is 27.8. The van der Waals surface area contributed by atoms with Gasteiger partial charge in [0, 0.05) is 32.8 Å². The molecule has 11 heteroatoms. The monoisotopic (exact) mass is 601 g/mol. The molecule has 1 aliphatic rings. The number of ketones is 1. The van der Waals surface area contributed by atoms with E-state index in [4.69, 9.17) is 11.6 Å². The maximum Gasteiger partial charge on any atom is 0.283 e. The first kappa shape index (κ1) is 26.3. The number of carbonyl (C=O) groups excluding carboxylic acids is 2. The van der Waals surface area contributed by atoms with Crippen molar-refractivity contribution >= 4 is 85.8 Å². The number of nitro benzene ring substituents is 1. The van der Waals surface area contributed by atoms with Gasteiger partial charge in [-0.2, -0.15) is 0 Å². The number of hydrogen-bond donors (Lipinski definition) is 1. The van der Waals surface area contributed by atoms with E-state index in [0.717, 1.165) is 15.1 Å². The SMILES string of the molecule is O=C(Nc1ccc2nc(Sc3ccc(/C=C4\Sc5ccccc5C4=O)cc3[N+](=O)[O-])sc2c1)c1ccc(Cl)cc1. The van der Waals surface area contributed by atoms with Crippen LogP contribution in [-0.2, 0) is 0 Å². The Morgan fingerprint density at radius 2 is 1.82 bits per heavy atom. The van der Waals surface area contributed by atoms with Crippen molar-refractivity contribution in [2.24, 2.45) is 0 Å². The van der Waals surface area contributed by atoms with Gasteiger partial charge in [-0.1, -0.05) is 53.3 Å². The maximum absolute atomic E-state index is 12.7. The molecule has 1 aromatic heterocycles. The molecule has 0 unspecified atom stereocenters. The Morgan fingerprint density at radius 1 is 1.02 bits per heavy atom. The predicted molar refractivity (Wildman–Crippen MR) is 161 cm³/mol. The van der Waals surface area contributed by atoms with Gasteiger partial charge in [-0.3, -0.25) is 19.7 Å². The second-order valence-electron chi connectivity index (χ2n) is 8.65. The summed E-state index contributed by atoms with van der Waals surface area (Å²) < 4.78 is 1.46. The van der Waals surface area contributed by atoms with Gasteiger partial charge in [-0.15, -0.1) is 11.3 Å². The van der Waals surface area contributed by atoms with Crippen LogP contribution in [0.2, 0.25) is 5.02 Å². The van der Waals surface area contributed by atoms with Crippen molar-refractivity contribution in [1.82, 2.24) is 4.98 Å². The van der Waals surface area contributed by atoms with Crippen LogP contribution in [0.25, 0.3) is 16.3 Å². The minimum atomic E-state index is -0.430. The quantitative estimate of drug-likeness (QED) is 0.118. The van der Waals surface area contributed by atoms with Crippen LogP contribution in [0.4, 0.5) is 11.4 Å². The van der Waals surface area contributed by atoms with Crippen molar-refractivity contribution in [3.8, 4) is 0 Å². The lowest BCUT2D eigenvalue weighted by molar-refractivity contribution is -0.387. The third-order valence-electron chi connectivity index (χ3n) is 5.98. The number of anilines is 1. The molecule has 6 rings (SSSR count). The Morgan fingerprint density at radius 3 is 2.60 bits per heavy atom. The second-order valence-corrected chi connectivity index (χ2v) is 12.5. The van der Waals surface area contributed by atoms with E-state index < -0.39 is 4.92 Å². The highest BCUT2D eigenvalue weighted by molar-refractivity contribution is 8.05. The fourth-order valence-corrected chi connectivity index (χ4v) is 7.39. The van der Waals surface area contributed by atoms with E-state index >= 15 is 0 Å². The third-order valence-corrected chi connectivity index (χ3v) is 9.48. The molecule has 7 nitrogen and oxygen atoms in total. The molecular weight excluding hydrogens is 586 g/mol. The average Bonchev–Trinajstić information content (AvgIpc) is 3.49. The third kappa shape index (κ3) is 5.39. The first-order valence-corrected chi connectivity index (χ1v) is 14.6. The number of hydrogen-bond acceptors (Lipinski definition) is 8. The first-order valence-electron chi connectivity index (χ1n) is 11.8. The minimum absolute atomic E-state index is 0.0671. The summed E-state index contributed by atoms with van der Waals surface area (Å²) in [5, 5.41) is 15.4. The van der Waals surface area contributed by atoms with Crippen LogP contribution in [0.3, 0.4) is 0 Å². The van der Waals surface area contributed by atoms with Gasteiger partial charge in [-0.25, -0.2) is 4.98 Å². The summed E-state index contributed by atoms with van der Waals surface area (Å²) in [6.07, 6.45) is 1.69. The number of carbonyl (C=O) groups is 2. The number of halogens is 1. The molecule has 0 spiro atoms. The number of rotatable bonds is 6. The number of amides is 1. The van der Waals surface area contributed by atoms with Crippen LogP contribution in [0.5, 0.6) is 0 Å². The van der Waals surface area contributed by atoms with Gasteiger partial charge in [0.15, 0.2) is 4.34 Å². The van der Waals surface area contributed by atoms with E-state index in [2.05, 4.69) is 10.3 Å². The van der Waals surface area contributed by atoms with Crippen molar-refractivity contribution in [3.05, 3.63) is 122 Å². The molecule has 0 saturated carbocycles. The number of allylic oxidation sites excluding steroid dienone is 1. The van der Waals surface area contributed by atoms with Gasteiger partial charge in [0.2, 0.25) is 5.78 Å². The second kappa shape index (κ2) is 10.9. The number of Topliss-reactive ketones (excluding diaryl/α,β-unsaturated/α-hetero) is 1. The lowest BCUT2D eigenvalue weighted by Gasteiger charge is -2.05. The minimum Gasteiger partial charge on any atom is -0.322 e. The van der Waals surface area contributed by atoms with Crippen LogP contribution in [0.15, 0.2) is 104 Å². The summed E-state index contributed by atoms with van der Waals surface area (Å²) in [5.41, 5.74) is 2.96. The predicted octanol–water partition coefficient (Wildman–Crippen LogP) is 8.59. The lowest BCUT2D eigenvalue weighted by Crippen LogP contribution is -2.11. The molecule has 0 atom stereocenters. The summed E-state index contributed by atoms with van der Waals surface area (Å²) in [4.78, 5) is 43.2. The van der Waals surface area contributed by atoms with Crippen LogP contribution in [0, 0.1) is 10.1 Å². The van der Waals surface area contributed by atoms with Gasteiger partial charge in [-0.05, 0) is 72.3 Å². The normalized spacial score (nSPS) is 13.5. The Kier molecular flexibility index (Phi) is 7.16. The molecule has 1 N–H and O–H groups in total. The van der Waals surface area contributed by atoms with Crippen LogP contribution < -0.4 is 5.32 Å². The van der Waals surface area contributed by atoms with Gasteiger partial charge >= 0.3 is 0 Å². The number of nitro groups is 1. The van der Waals surface area contributed by atoms with Gasteiger partial charge in [0.1, 0.15) is 0 Å². The number of benzene rings is 4. The summed E-state index contributed by atoms with van der Waals surface area (Å²) in [7, 11) is 0. The van der Waals surface area contributed by atoms with Crippen molar-refractivity contribution in [3.63, 3.8) is 0 Å². The van der Waals surface area contributed by atoms with Gasteiger partial charge in [0.25, 0.3) is 11.6 Å². The number of thiazole rings is 1. The van der Waals surface area contributed by atoms with E-state index in [1.807, 2.05) is 24.3 Å². The molecule has 0 bridgehead atoms. The highest BCUT2D eigenvalue weighted by Crippen LogP contribution is 2.42. The number of thioether (sulfide) groups is 1. The molecule has 0 saturated heterocycles. The van der Waals surface area contributed by atoms with Crippen LogP contribution >= 0.6 is 46.5 Å². The molecular formula is C29H16ClN3O4S3. The van der Waals surface area contributed by atoms with Crippen molar-refractivity contribution < 1.29 is 14.5 Å². The Labute approximate surface area is 245 Å². The summed E-state index contributed by atoms with van der Waals surface area (Å²) in [6.45, 7) is 0. The molecule has 0 fully saturated rings. The summed E-state index contributed by atoms with van der Waals surface area (Å²) in [5.74, 6) is -0.345. The lowest BCUT2D eigenvalue weighted by atomic mass is 10.1. The van der Waals surface area contributed by atoms with Gasteiger partial charge < -0.3 is 5.32 Å². The molecule has 0 aliphatic carbocycles. The molecule has 2 heterocycles. The highest BCUT2D eigenvalue weighted by atomic mass is 35.5. The molecule has 5 aromatic rings. The van der Waals surface area contributed by atoms with E-state index in [1.165, 1.54) is 40.9 Å². The van der Waals surface area contributed by atoms with Crippen molar-refractivity contribution in [2.75, 3.05) is 5.32 Å². The standard InChI is InChI=1S/C29H16ClN3O4S3/c30-18-8-6-17(7-9-18)28(35)31-19-10-11-21-25(15-19)40-29(32-21)39-24-12-5-16(13-22(24)33(36)37)14-26-27(34)20-3-1-2-4-23(20)38-26/h1-15H,(H,31,35)/b26-14-. The van der Waals surface area contributed by atoms with E-state index in [0.29, 0.717) is 41.5 Å². The summed E-state index contributed by atoms with van der Waals surface area (Å²) >= 11 is 9.84. The molecule has 1 amide bonds. The van der Waals surface area contributed by atoms with Crippen LogP contribution in [0.1, 0.15) is 26.3 Å². The molecule has 4 aromatic carbocycles. The smallest absolute Gasteiger partial charge is 0.283 e. The fourth-order valence-electron chi connectivity index (χ4n) is 4.06. The maximum atomic E-state index is 12.7. The van der Waals surface area contributed by atoms with Crippen LogP contribution in [-0.4, -0.2) is 21.6 Å². The Bertz CT molecular complexity index is 1870. The fraction of sp³-hybridized carbons (Fsp3) is 0. The van der Waals surface area contributed by atoms with Crippen molar-refractivity contribution in [1.29, 1.82) is 0 Å².